The van der Waals surface area contributed by atoms with Crippen molar-refractivity contribution in [2.24, 2.45) is 0 Å². The molecule has 1 aromatic heterocycles. The fourth-order valence-electron chi connectivity index (χ4n) is 2.04. The Balaban J connectivity index is 2.56. The smallest absolute Gasteiger partial charge is 0.315 e. The van der Waals surface area contributed by atoms with Crippen LogP contribution in [0.4, 0.5) is 4.79 Å². The number of nitrogens with zero attached hydrogens (tertiary/aromatic N) is 1. The summed E-state index contributed by atoms with van der Waals surface area (Å²) in [6.07, 6.45) is 0.402. The minimum absolute atomic E-state index is 0.0238. The third-order valence-electron chi connectivity index (χ3n) is 3.10. The van der Waals surface area contributed by atoms with E-state index in [2.05, 4.69) is 15.6 Å². The number of hydrogen-bond acceptors (Lipinski definition) is 4. The van der Waals surface area contributed by atoms with Gasteiger partial charge in [0.25, 0.3) is 0 Å². The monoisotopic (exact) mass is 313 g/mol. The molecule has 0 saturated heterocycles. The fraction of sp³-hybridized carbons (Fsp3) is 0.643. The van der Waals surface area contributed by atoms with E-state index in [9.17, 15) is 9.59 Å². The second-order valence-electron chi connectivity index (χ2n) is 5.78. The first-order chi connectivity index (χ1) is 9.60. The van der Waals surface area contributed by atoms with Gasteiger partial charge >= 0.3 is 12.0 Å². The van der Waals surface area contributed by atoms with Gasteiger partial charge in [-0.05, 0) is 41.0 Å². The molecule has 2 amide bonds. The number of nitrogens with one attached hydrogen (secondary N) is 2. The van der Waals surface area contributed by atoms with Gasteiger partial charge in [-0.25, -0.2) is 9.78 Å². The van der Waals surface area contributed by atoms with Crippen LogP contribution >= 0.6 is 11.3 Å². The first-order valence-corrected chi connectivity index (χ1v) is 7.67. The molecule has 0 aliphatic heterocycles. The van der Waals surface area contributed by atoms with Crippen LogP contribution in [0.15, 0.2) is 0 Å². The van der Waals surface area contributed by atoms with Crippen LogP contribution in [-0.4, -0.2) is 27.6 Å². The van der Waals surface area contributed by atoms with Crippen molar-refractivity contribution in [2.45, 2.75) is 59.0 Å². The predicted molar refractivity (Wildman–Crippen MR) is 82.6 cm³/mol. The minimum atomic E-state index is -0.866. The van der Waals surface area contributed by atoms with E-state index < -0.39 is 11.5 Å². The third-order valence-corrected chi connectivity index (χ3v) is 4.35. The van der Waals surface area contributed by atoms with Gasteiger partial charge in [0.1, 0.15) is 0 Å². The van der Waals surface area contributed by atoms with Crippen LogP contribution in [0.5, 0.6) is 0 Å². The number of thiazole rings is 1. The summed E-state index contributed by atoms with van der Waals surface area (Å²) in [5, 5.41) is 15.4. The number of carboxylic acids is 1. The molecule has 118 valence electrons. The minimum Gasteiger partial charge on any atom is -0.481 e. The summed E-state index contributed by atoms with van der Waals surface area (Å²) in [5.41, 5.74) is 0.358. The lowest BCUT2D eigenvalue weighted by Crippen LogP contribution is -2.49. The molecule has 7 heteroatoms. The Morgan fingerprint density at radius 1 is 1.38 bits per heavy atom. The fourth-order valence-corrected chi connectivity index (χ4v) is 2.97. The van der Waals surface area contributed by atoms with Crippen molar-refractivity contribution in [3.05, 3.63) is 15.6 Å². The highest BCUT2D eigenvalue weighted by atomic mass is 32.1. The van der Waals surface area contributed by atoms with Crippen LogP contribution in [0.1, 0.15) is 55.2 Å². The van der Waals surface area contributed by atoms with E-state index in [-0.39, 0.29) is 18.5 Å². The van der Waals surface area contributed by atoms with Gasteiger partial charge < -0.3 is 15.7 Å². The van der Waals surface area contributed by atoms with Crippen molar-refractivity contribution < 1.29 is 14.7 Å². The standard InChI is InChI=1S/C14H23N3O3S/c1-8-12(21-10(3)15-8)9(2)16-13(20)17-14(4,5)7-6-11(18)19/h9H,6-7H2,1-5H3,(H,18,19)(H2,16,17,20). The van der Waals surface area contributed by atoms with Crippen molar-refractivity contribution in [2.75, 3.05) is 0 Å². The molecular weight excluding hydrogens is 290 g/mol. The van der Waals surface area contributed by atoms with Gasteiger partial charge in [-0.1, -0.05) is 0 Å². The first kappa shape index (κ1) is 17.4. The number of aliphatic carboxylic acids is 1. The number of amides is 2. The lowest BCUT2D eigenvalue weighted by molar-refractivity contribution is -0.137. The Morgan fingerprint density at radius 2 is 2.00 bits per heavy atom. The largest absolute Gasteiger partial charge is 0.481 e. The predicted octanol–water partition coefficient (Wildman–Crippen LogP) is 2.76. The number of carbonyl (C=O) groups is 2. The maximum atomic E-state index is 12.0. The van der Waals surface area contributed by atoms with E-state index in [0.29, 0.717) is 6.42 Å². The van der Waals surface area contributed by atoms with Crippen LogP contribution < -0.4 is 10.6 Å². The highest BCUT2D eigenvalue weighted by Crippen LogP contribution is 2.24. The molecule has 0 aliphatic rings. The Labute approximate surface area is 129 Å². The van der Waals surface area contributed by atoms with Crippen LogP contribution in [0.25, 0.3) is 0 Å². The molecule has 0 aliphatic carbocycles. The summed E-state index contributed by atoms with van der Waals surface area (Å²) >= 11 is 1.57. The molecular formula is C14H23N3O3S. The summed E-state index contributed by atoms with van der Waals surface area (Å²) < 4.78 is 0. The van der Waals surface area contributed by atoms with Gasteiger partial charge in [-0.15, -0.1) is 11.3 Å². The van der Waals surface area contributed by atoms with Gasteiger partial charge in [0.05, 0.1) is 16.7 Å². The van der Waals surface area contributed by atoms with Gasteiger partial charge in [-0.3, -0.25) is 4.79 Å². The van der Waals surface area contributed by atoms with Crippen molar-refractivity contribution in [3.63, 3.8) is 0 Å². The summed E-state index contributed by atoms with van der Waals surface area (Å²) in [5.74, 6) is -0.866. The number of hydrogen-bond donors (Lipinski definition) is 3. The molecule has 0 fully saturated rings. The van der Waals surface area contributed by atoms with E-state index >= 15 is 0 Å². The number of aryl methyl sites for hydroxylation is 2. The number of carbonyl (C=O) groups excluding carboxylic acids is 1. The molecule has 0 bridgehead atoms. The van der Waals surface area contributed by atoms with Gasteiger partial charge in [0.15, 0.2) is 0 Å². The maximum absolute atomic E-state index is 12.0. The van der Waals surface area contributed by atoms with E-state index in [4.69, 9.17) is 5.11 Å². The van der Waals surface area contributed by atoms with Crippen molar-refractivity contribution >= 4 is 23.3 Å². The normalized spacial score (nSPS) is 12.8. The Hall–Kier alpha value is -1.63. The van der Waals surface area contributed by atoms with Gasteiger partial charge in [0, 0.05) is 16.8 Å². The summed E-state index contributed by atoms with van der Waals surface area (Å²) in [4.78, 5) is 28.0. The number of aromatic nitrogens is 1. The van der Waals surface area contributed by atoms with E-state index in [1.54, 1.807) is 11.3 Å². The highest BCUT2D eigenvalue weighted by Gasteiger charge is 2.23. The van der Waals surface area contributed by atoms with Crippen molar-refractivity contribution in [1.29, 1.82) is 0 Å². The molecule has 0 aromatic carbocycles. The molecule has 21 heavy (non-hydrogen) atoms. The summed E-state index contributed by atoms with van der Waals surface area (Å²) in [6.45, 7) is 9.38. The van der Waals surface area contributed by atoms with Gasteiger partial charge in [-0.2, -0.15) is 0 Å². The second-order valence-corrected chi connectivity index (χ2v) is 7.02. The van der Waals surface area contributed by atoms with Gasteiger partial charge in [0.2, 0.25) is 0 Å². The Kier molecular flexibility index (Phi) is 5.71. The van der Waals surface area contributed by atoms with Crippen molar-refractivity contribution in [1.82, 2.24) is 15.6 Å². The third kappa shape index (κ3) is 5.71. The molecule has 1 unspecified atom stereocenters. The maximum Gasteiger partial charge on any atom is 0.315 e. The topological polar surface area (TPSA) is 91.3 Å². The molecule has 0 spiro atoms. The second kappa shape index (κ2) is 6.89. The van der Waals surface area contributed by atoms with Crippen LogP contribution in [0.2, 0.25) is 0 Å². The van der Waals surface area contributed by atoms with Crippen molar-refractivity contribution in [3.8, 4) is 0 Å². The zero-order valence-corrected chi connectivity index (χ0v) is 13.9. The molecule has 0 radical (unpaired) electrons. The molecule has 1 aromatic rings. The molecule has 1 heterocycles. The average Bonchev–Trinajstić information content (AvgIpc) is 2.65. The lowest BCUT2D eigenvalue weighted by atomic mass is 9.99. The number of carboxylic acid groups (broad SMARTS) is 1. The quantitative estimate of drug-likeness (QED) is 0.753. The average molecular weight is 313 g/mol. The Bertz CT molecular complexity index is 526. The lowest BCUT2D eigenvalue weighted by Gasteiger charge is -2.26. The first-order valence-electron chi connectivity index (χ1n) is 6.85. The molecule has 0 saturated carbocycles. The molecule has 6 nitrogen and oxygen atoms in total. The van der Waals surface area contributed by atoms with E-state index in [1.807, 2.05) is 34.6 Å². The Morgan fingerprint density at radius 3 is 2.48 bits per heavy atom. The highest BCUT2D eigenvalue weighted by molar-refractivity contribution is 7.11. The van der Waals surface area contributed by atoms with E-state index in [1.165, 1.54) is 0 Å². The van der Waals surface area contributed by atoms with Crippen LogP contribution in [0, 0.1) is 13.8 Å². The zero-order chi connectivity index (χ0) is 16.2. The summed E-state index contributed by atoms with van der Waals surface area (Å²) in [7, 11) is 0. The SMILES string of the molecule is Cc1nc(C)c(C(C)NC(=O)NC(C)(C)CCC(=O)O)s1. The summed E-state index contributed by atoms with van der Waals surface area (Å²) in [6, 6.07) is -0.435. The van der Waals surface area contributed by atoms with Crippen LogP contribution in [0.3, 0.4) is 0 Å². The zero-order valence-electron chi connectivity index (χ0n) is 13.1. The number of urea groups is 1. The number of rotatable bonds is 6. The van der Waals surface area contributed by atoms with Crippen LogP contribution in [-0.2, 0) is 4.79 Å². The van der Waals surface area contributed by atoms with E-state index in [0.717, 1.165) is 15.6 Å². The molecule has 3 N–H and O–H groups in total. The molecule has 1 rings (SSSR count). The molecule has 1 atom stereocenters.